The van der Waals surface area contributed by atoms with Crippen LogP contribution in [0.25, 0.3) is 5.69 Å². The number of nitrogens with two attached hydrogens (primary N) is 1. The average molecular weight is 377 g/mol. The molecule has 1 aliphatic carbocycles. The van der Waals surface area contributed by atoms with Gasteiger partial charge in [0.1, 0.15) is 0 Å². The molecule has 1 aromatic carbocycles. The largest absolute Gasteiger partial charge is 0.349 e. The predicted molar refractivity (Wildman–Crippen MR) is 93.7 cm³/mol. The van der Waals surface area contributed by atoms with Crippen LogP contribution >= 0.6 is 15.9 Å². The lowest BCUT2D eigenvalue weighted by molar-refractivity contribution is 0.0925. The number of hydrogen-bond acceptors (Lipinski definition) is 3. The summed E-state index contributed by atoms with van der Waals surface area (Å²) in [6.45, 7) is 1.92. The van der Waals surface area contributed by atoms with Gasteiger partial charge in [-0.15, -0.1) is 0 Å². The topological polar surface area (TPSA) is 72.9 Å². The zero-order valence-electron chi connectivity index (χ0n) is 13.1. The highest BCUT2D eigenvalue weighted by molar-refractivity contribution is 9.10. The summed E-state index contributed by atoms with van der Waals surface area (Å²) in [6.07, 6.45) is 5.49. The number of nitrogens with zero attached hydrogens (tertiary/aromatic N) is 2. The molecule has 0 bridgehead atoms. The van der Waals surface area contributed by atoms with Crippen LogP contribution in [0.2, 0.25) is 0 Å². The summed E-state index contributed by atoms with van der Waals surface area (Å²) in [5.74, 6) is -0.0497. The van der Waals surface area contributed by atoms with Crippen molar-refractivity contribution < 1.29 is 4.79 Å². The third-order valence-corrected chi connectivity index (χ3v) is 4.96. The van der Waals surface area contributed by atoms with Crippen LogP contribution in [-0.4, -0.2) is 27.8 Å². The van der Waals surface area contributed by atoms with Gasteiger partial charge in [-0.1, -0.05) is 15.9 Å². The SMILES string of the molecule is Cc1c(C(=O)NC2CCC(N)CC2)cnn1-c1ccc(Br)cc1. The van der Waals surface area contributed by atoms with E-state index in [-0.39, 0.29) is 18.0 Å². The molecule has 0 aliphatic heterocycles. The fraction of sp³-hybridized carbons (Fsp3) is 0.412. The summed E-state index contributed by atoms with van der Waals surface area (Å²) in [6, 6.07) is 8.36. The van der Waals surface area contributed by atoms with Gasteiger partial charge in [0.15, 0.2) is 0 Å². The fourth-order valence-electron chi connectivity index (χ4n) is 3.00. The lowest BCUT2D eigenvalue weighted by atomic mass is 9.91. The van der Waals surface area contributed by atoms with Gasteiger partial charge in [0, 0.05) is 16.6 Å². The van der Waals surface area contributed by atoms with Gasteiger partial charge >= 0.3 is 0 Å². The van der Waals surface area contributed by atoms with E-state index in [0.717, 1.165) is 41.5 Å². The normalized spacial score (nSPS) is 21.2. The number of nitrogens with one attached hydrogen (secondary N) is 1. The molecule has 3 N–H and O–H groups in total. The van der Waals surface area contributed by atoms with E-state index in [2.05, 4.69) is 26.3 Å². The van der Waals surface area contributed by atoms with E-state index in [4.69, 9.17) is 5.73 Å². The first-order valence-corrected chi connectivity index (χ1v) is 8.71. The van der Waals surface area contributed by atoms with Crippen molar-refractivity contribution in [3.8, 4) is 5.69 Å². The Hall–Kier alpha value is -1.66. The van der Waals surface area contributed by atoms with Crippen molar-refractivity contribution in [3.05, 3.63) is 46.2 Å². The minimum Gasteiger partial charge on any atom is -0.349 e. The Balaban J connectivity index is 1.73. The third kappa shape index (κ3) is 3.64. The molecule has 1 heterocycles. The Labute approximate surface area is 144 Å². The molecule has 1 fully saturated rings. The standard InChI is InChI=1S/C17H21BrN4O/c1-11-16(17(23)21-14-6-4-13(19)5-7-14)10-20-22(11)15-8-2-12(18)3-9-15/h2-3,8-10,13-14H,4-7,19H2,1H3,(H,21,23). The second-order valence-electron chi connectivity index (χ2n) is 6.12. The lowest BCUT2D eigenvalue weighted by Gasteiger charge is -2.26. The van der Waals surface area contributed by atoms with E-state index in [1.165, 1.54) is 0 Å². The van der Waals surface area contributed by atoms with Gasteiger partial charge in [-0.3, -0.25) is 4.79 Å². The first kappa shape index (κ1) is 16.2. The summed E-state index contributed by atoms with van der Waals surface area (Å²) in [5, 5.41) is 7.48. The van der Waals surface area contributed by atoms with Crippen molar-refractivity contribution in [1.29, 1.82) is 0 Å². The van der Waals surface area contributed by atoms with Crippen LogP contribution in [0.5, 0.6) is 0 Å². The molecule has 1 aliphatic rings. The van der Waals surface area contributed by atoms with Gasteiger partial charge in [-0.2, -0.15) is 5.10 Å². The number of rotatable bonds is 3. The Bertz CT molecular complexity index is 687. The van der Waals surface area contributed by atoms with E-state index in [1.54, 1.807) is 10.9 Å². The minimum atomic E-state index is -0.0497. The first-order chi connectivity index (χ1) is 11.0. The molecule has 1 amide bonds. The van der Waals surface area contributed by atoms with Crippen LogP contribution in [0.15, 0.2) is 34.9 Å². The monoisotopic (exact) mass is 376 g/mol. The average Bonchev–Trinajstić information content (AvgIpc) is 2.92. The van der Waals surface area contributed by atoms with Gasteiger partial charge in [0.05, 0.1) is 23.1 Å². The molecule has 0 spiro atoms. The van der Waals surface area contributed by atoms with E-state index >= 15 is 0 Å². The molecule has 122 valence electrons. The molecule has 1 aromatic heterocycles. The Morgan fingerprint density at radius 3 is 2.57 bits per heavy atom. The maximum absolute atomic E-state index is 12.5. The molecular weight excluding hydrogens is 356 g/mol. The molecule has 23 heavy (non-hydrogen) atoms. The molecule has 0 radical (unpaired) electrons. The lowest BCUT2D eigenvalue weighted by Crippen LogP contribution is -2.40. The van der Waals surface area contributed by atoms with Crippen LogP contribution in [0, 0.1) is 6.92 Å². The molecule has 5 nitrogen and oxygen atoms in total. The van der Waals surface area contributed by atoms with Crippen LogP contribution < -0.4 is 11.1 Å². The Kier molecular flexibility index (Phi) is 4.82. The highest BCUT2D eigenvalue weighted by Crippen LogP contribution is 2.20. The Morgan fingerprint density at radius 2 is 1.91 bits per heavy atom. The van der Waals surface area contributed by atoms with Crippen molar-refractivity contribution >= 4 is 21.8 Å². The number of hydrogen-bond donors (Lipinski definition) is 2. The predicted octanol–water partition coefficient (Wildman–Crippen LogP) is 2.94. The number of halogens is 1. The summed E-state index contributed by atoms with van der Waals surface area (Å²) < 4.78 is 2.80. The molecule has 0 unspecified atom stereocenters. The molecule has 1 saturated carbocycles. The van der Waals surface area contributed by atoms with Crippen molar-refractivity contribution in [3.63, 3.8) is 0 Å². The van der Waals surface area contributed by atoms with E-state index in [9.17, 15) is 4.79 Å². The highest BCUT2D eigenvalue weighted by atomic mass is 79.9. The first-order valence-electron chi connectivity index (χ1n) is 7.91. The maximum atomic E-state index is 12.5. The molecule has 6 heteroatoms. The molecule has 3 rings (SSSR count). The zero-order chi connectivity index (χ0) is 16.4. The smallest absolute Gasteiger partial charge is 0.254 e. The van der Waals surface area contributed by atoms with E-state index in [1.807, 2.05) is 31.2 Å². The van der Waals surface area contributed by atoms with Crippen LogP contribution in [-0.2, 0) is 0 Å². The summed E-state index contributed by atoms with van der Waals surface area (Å²) in [5.41, 5.74) is 8.32. The fourth-order valence-corrected chi connectivity index (χ4v) is 3.27. The number of carbonyl (C=O) groups excluding carboxylic acids is 1. The van der Waals surface area contributed by atoms with Crippen molar-refractivity contribution in [1.82, 2.24) is 15.1 Å². The van der Waals surface area contributed by atoms with Crippen LogP contribution in [0.3, 0.4) is 0 Å². The minimum absolute atomic E-state index is 0.0497. The Morgan fingerprint density at radius 1 is 1.26 bits per heavy atom. The van der Waals surface area contributed by atoms with E-state index in [0.29, 0.717) is 5.56 Å². The molecule has 0 saturated heterocycles. The van der Waals surface area contributed by atoms with Gasteiger partial charge in [0.25, 0.3) is 5.91 Å². The summed E-state index contributed by atoms with van der Waals surface area (Å²) >= 11 is 3.42. The molecule has 2 aromatic rings. The molecular formula is C17H21BrN4O. The number of carbonyl (C=O) groups is 1. The highest BCUT2D eigenvalue weighted by Gasteiger charge is 2.22. The summed E-state index contributed by atoms with van der Waals surface area (Å²) in [7, 11) is 0. The number of amides is 1. The quantitative estimate of drug-likeness (QED) is 0.864. The van der Waals surface area contributed by atoms with E-state index < -0.39 is 0 Å². The number of aromatic nitrogens is 2. The van der Waals surface area contributed by atoms with Gasteiger partial charge in [-0.25, -0.2) is 4.68 Å². The third-order valence-electron chi connectivity index (χ3n) is 4.43. The zero-order valence-corrected chi connectivity index (χ0v) is 14.7. The van der Waals surface area contributed by atoms with Crippen LogP contribution in [0.1, 0.15) is 41.7 Å². The summed E-state index contributed by atoms with van der Waals surface area (Å²) in [4.78, 5) is 12.5. The van der Waals surface area contributed by atoms with Gasteiger partial charge < -0.3 is 11.1 Å². The second-order valence-corrected chi connectivity index (χ2v) is 7.03. The van der Waals surface area contributed by atoms with Gasteiger partial charge in [-0.05, 0) is 56.9 Å². The van der Waals surface area contributed by atoms with Crippen LogP contribution in [0.4, 0.5) is 0 Å². The second kappa shape index (κ2) is 6.84. The maximum Gasteiger partial charge on any atom is 0.254 e. The van der Waals surface area contributed by atoms with Crippen molar-refractivity contribution in [2.24, 2.45) is 5.73 Å². The van der Waals surface area contributed by atoms with Gasteiger partial charge in [0.2, 0.25) is 0 Å². The number of benzene rings is 1. The van der Waals surface area contributed by atoms with Crippen molar-refractivity contribution in [2.75, 3.05) is 0 Å². The van der Waals surface area contributed by atoms with Crippen molar-refractivity contribution in [2.45, 2.75) is 44.7 Å². The molecule has 0 atom stereocenters.